The molecule has 0 atom stereocenters. The molecule has 4 heteroatoms. The van der Waals surface area contributed by atoms with Crippen LogP contribution >= 0.6 is 0 Å². The zero-order valence-corrected chi connectivity index (χ0v) is 10.8. The number of hydrogen-bond donors (Lipinski definition) is 1. The molecule has 2 aliphatic rings. The first-order valence-electron chi connectivity index (χ1n) is 6.99. The smallest absolute Gasteiger partial charge is 0.194 e. The summed E-state index contributed by atoms with van der Waals surface area (Å²) in [5, 5.41) is 3.26. The summed E-state index contributed by atoms with van der Waals surface area (Å²) >= 11 is 0. The summed E-state index contributed by atoms with van der Waals surface area (Å²) in [6.07, 6.45) is 5.29. The van der Waals surface area contributed by atoms with Gasteiger partial charge in [-0.3, -0.25) is 0 Å². The molecule has 0 amide bonds. The predicted octanol–water partition coefficient (Wildman–Crippen LogP) is 3.63. The second kappa shape index (κ2) is 5.16. The van der Waals surface area contributed by atoms with Crippen LogP contribution in [0.4, 0.5) is 13.2 Å². The highest BCUT2D eigenvalue weighted by Crippen LogP contribution is 2.48. The molecule has 0 spiro atoms. The zero-order chi connectivity index (χ0) is 13.4. The van der Waals surface area contributed by atoms with Crippen molar-refractivity contribution in [1.29, 1.82) is 0 Å². The first kappa shape index (κ1) is 13.0. The standard InChI is InChI=1S/C15H18F3N/c16-13-5-9(6-14(17)15(13)18)7-19-8-12(10-1-2-10)11-3-4-11/h5-6,10-12,19H,1-4,7-8H2. The van der Waals surface area contributed by atoms with Crippen molar-refractivity contribution in [3.05, 3.63) is 35.1 Å². The zero-order valence-electron chi connectivity index (χ0n) is 10.8. The van der Waals surface area contributed by atoms with Crippen LogP contribution in [0.15, 0.2) is 12.1 Å². The van der Waals surface area contributed by atoms with Gasteiger partial charge in [0.1, 0.15) is 0 Å². The van der Waals surface area contributed by atoms with Gasteiger partial charge in [-0.15, -0.1) is 0 Å². The van der Waals surface area contributed by atoms with Gasteiger partial charge in [-0.05, 0) is 67.7 Å². The van der Waals surface area contributed by atoms with E-state index in [9.17, 15) is 13.2 Å². The van der Waals surface area contributed by atoms with E-state index in [0.29, 0.717) is 12.1 Å². The maximum Gasteiger partial charge on any atom is 0.194 e. The Kier molecular flexibility index (Phi) is 3.52. The van der Waals surface area contributed by atoms with Crippen LogP contribution in [0, 0.1) is 35.2 Å². The Bertz CT molecular complexity index is 431. The summed E-state index contributed by atoms with van der Waals surface area (Å²) in [5.74, 6) is -1.20. The quantitative estimate of drug-likeness (QED) is 0.778. The van der Waals surface area contributed by atoms with Gasteiger partial charge in [-0.25, -0.2) is 13.2 Å². The molecule has 0 heterocycles. The third-order valence-corrected chi connectivity index (χ3v) is 4.21. The lowest BCUT2D eigenvalue weighted by Gasteiger charge is -2.16. The summed E-state index contributed by atoms with van der Waals surface area (Å²) < 4.78 is 38.9. The molecule has 0 unspecified atom stereocenters. The van der Waals surface area contributed by atoms with Gasteiger partial charge in [0.2, 0.25) is 0 Å². The molecule has 1 N–H and O–H groups in total. The fourth-order valence-corrected chi connectivity index (χ4v) is 2.86. The number of nitrogens with one attached hydrogen (secondary N) is 1. The normalized spacial score (nSPS) is 19.2. The number of hydrogen-bond acceptors (Lipinski definition) is 1. The van der Waals surface area contributed by atoms with Gasteiger partial charge < -0.3 is 5.32 Å². The Morgan fingerprint density at radius 1 is 1.00 bits per heavy atom. The van der Waals surface area contributed by atoms with Gasteiger partial charge in [0.25, 0.3) is 0 Å². The molecule has 2 fully saturated rings. The molecule has 0 saturated heterocycles. The second-order valence-corrected chi connectivity index (χ2v) is 5.84. The number of benzene rings is 1. The summed E-state index contributed by atoms with van der Waals surface area (Å²) in [5.41, 5.74) is 0.460. The highest BCUT2D eigenvalue weighted by atomic mass is 19.2. The highest BCUT2D eigenvalue weighted by molar-refractivity contribution is 5.19. The Morgan fingerprint density at radius 3 is 2.00 bits per heavy atom. The monoisotopic (exact) mass is 269 g/mol. The minimum Gasteiger partial charge on any atom is -0.312 e. The van der Waals surface area contributed by atoms with Crippen molar-refractivity contribution in [3.8, 4) is 0 Å². The predicted molar refractivity (Wildman–Crippen MR) is 67.0 cm³/mol. The lowest BCUT2D eigenvalue weighted by molar-refractivity contribution is 0.377. The van der Waals surface area contributed by atoms with Crippen LogP contribution in [0.1, 0.15) is 31.2 Å². The highest BCUT2D eigenvalue weighted by Gasteiger charge is 2.40. The summed E-state index contributed by atoms with van der Waals surface area (Å²) in [6.45, 7) is 1.29. The minimum atomic E-state index is -1.39. The van der Waals surface area contributed by atoms with Gasteiger partial charge in [-0.1, -0.05) is 0 Å². The Labute approximate surface area is 111 Å². The fraction of sp³-hybridized carbons (Fsp3) is 0.600. The molecule has 0 bridgehead atoms. The molecule has 2 aliphatic carbocycles. The van der Waals surface area contributed by atoms with Gasteiger partial charge >= 0.3 is 0 Å². The molecule has 2 saturated carbocycles. The lowest BCUT2D eigenvalue weighted by Crippen LogP contribution is -2.25. The van der Waals surface area contributed by atoms with E-state index in [2.05, 4.69) is 5.32 Å². The van der Waals surface area contributed by atoms with Crippen molar-refractivity contribution in [2.45, 2.75) is 32.2 Å². The summed E-state index contributed by atoms with van der Waals surface area (Å²) in [7, 11) is 0. The van der Waals surface area contributed by atoms with E-state index in [1.165, 1.54) is 25.7 Å². The van der Waals surface area contributed by atoms with Gasteiger partial charge in [0, 0.05) is 6.54 Å². The van der Waals surface area contributed by atoms with E-state index in [1.807, 2.05) is 0 Å². The topological polar surface area (TPSA) is 12.0 Å². The molecule has 19 heavy (non-hydrogen) atoms. The van der Waals surface area contributed by atoms with Gasteiger partial charge in [0.05, 0.1) is 0 Å². The number of rotatable bonds is 6. The molecule has 104 valence electrons. The maximum absolute atomic E-state index is 13.1. The molecule has 1 nitrogen and oxygen atoms in total. The molecule has 1 aromatic rings. The van der Waals surface area contributed by atoms with Crippen LogP contribution in [-0.4, -0.2) is 6.54 Å². The third kappa shape index (κ3) is 3.11. The van der Waals surface area contributed by atoms with E-state index in [0.717, 1.165) is 36.4 Å². The molecule has 1 aromatic carbocycles. The van der Waals surface area contributed by atoms with Crippen LogP contribution < -0.4 is 5.32 Å². The first-order valence-corrected chi connectivity index (χ1v) is 6.99. The SMILES string of the molecule is Fc1cc(CNCC(C2CC2)C2CC2)cc(F)c1F. The molecule has 0 aliphatic heterocycles. The van der Waals surface area contributed by atoms with Crippen molar-refractivity contribution in [2.24, 2.45) is 17.8 Å². The fourth-order valence-electron chi connectivity index (χ4n) is 2.86. The molecular weight excluding hydrogens is 251 g/mol. The molecular formula is C15H18F3N. The maximum atomic E-state index is 13.1. The Morgan fingerprint density at radius 2 is 1.53 bits per heavy atom. The average Bonchev–Trinajstić information content (AvgIpc) is 3.25. The van der Waals surface area contributed by atoms with Crippen LogP contribution in [0.3, 0.4) is 0 Å². The van der Waals surface area contributed by atoms with E-state index < -0.39 is 17.5 Å². The molecule has 0 radical (unpaired) electrons. The van der Waals surface area contributed by atoms with E-state index >= 15 is 0 Å². The number of halogens is 3. The first-order chi connectivity index (χ1) is 9.15. The van der Waals surface area contributed by atoms with Crippen molar-refractivity contribution in [1.82, 2.24) is 5.32 Å². The average molecular weight is 269 g/mol. The van der Waals surface area contributed by atoms with Crippen molar-refractivity contribution in [2.75, 3.05) is 6.54 Å². The second-order valence-electron chi connectivity index (χ2n) is 5.84. The van der Waals surface area contributed by atoms with Crippen LogP contribution in [-0.2, 0) is 6.54 Å². The van der Waals surface area contributed by atoms with Crippen molar-refractivity contribution >= 4 is 0 Å². The minimum absolute atomic E-state index is 0.393. The van der Waals surface area contributed by atoms with Gasteiger partial charge in [0.15, 0.2) is 17.5 Å². The Hall–Kier alpha value is -1.03. The summed E-state index contributed by atoms with van der Waals surface area (Å²) in [4.78, 5) is 0. The third-order valence-electron chi connectivity index (χ3n) is 4.21. The largest absolute Gasteiger partial charge is 0.312 e. The molecule has 0 aromatic heterocycles. The van der Waals surface area contributed by atoms with Crippen LogP contribution in [0.25, 0.3) is 0 Å². The van der Waals surface area contributed by atoms with Crippen molar-refractivity contribution in [3.63, 3.8) is 0 Å². The van der Waals surface area contributed by atoms with E-state index in [4.69, 9.17) is 0 Å². The van der Waals surface area contributed by atoms with E-state index in [1.54, 1.807) is 0 Å². The lowest BCUT2D eigenvalue weighted by atomic mass is 9.98. The van der Waals surface area contributed by atoms with Crippen LogP contribution in [0.2, 0.25) is 0 Å². The summed E-state index contributed by atoms with van der Waals surface area (Å²) in [6, 6.07) is 2.13. The molecule has 3 rings (SSSR count). The van der Waals surface area contributed by atoms with Crippen molar-refractivity contribution < 1.29 is 13.2 Å². The van der Waals surface area contributed by atoms with Crippen LogP contribution in [0.5, 0.6) is 0 Å². The Balaban J connectivity index is 1.54. The van der Waals surface area contributed by atoms with Gasteiger partial charge in [-0.2, -0.15) is 0 Å². The van der Waals surface area contributed by atoms with E-state index in [-0.39, 0.29) is 0 Å².